The van der Waals surface area contributed by atoms with Crippen LogP contribution in [-0.4, -0.2) is 35.9 Å². The molecule has 1 saturated heterocycles. The van der Waals surface area contributed by atoms with Crippen molar-refractivity contribution in [2.24, 2.45) is 0 Å². The van der Waals surface area contributed by atoms with Crippen molar-refractivity contribution >= 4 is 41.8 Å². The Bertz CT molecular complexity index is 1200. The molecule has 1 aliphatic heterocycles. The van der Waals surface area contributed by atoms with Crippen molar-refractivity contribution in [3.8, 4) is 0 Å². The number of fused-ring (bicyclic) bond motifs is 1. The highest BCUT2D eigenvalue weighted by atomic mass is 35.5. The van der Waals surface area contributed by atoms with Gasteiger partial charge in [-0.1, -0.05) is 60.1 Å². The van der Waals surface area contributed by atoms with Crippen molar-refractivity contribution in [2.75, 3.05) is 6.54 Å². The average molecular weight is 479 g/mol. The van der Waals surface area contributed by atoms with Crippen molar-refractivity contribution in [1.82, 2.24) is 10.3 Å². The molecule has 1 fully saturated rings. The number of ether oxygens (including phenoxy) is 1. The minimum Gasteiger partial charge on any atom is -0.445 e. The second-order valence-electron chi connectivity index (χ2n) is 9.29. The molecule has 0 atom stereocenters. The fourth-order valence-corrected chi connectivity index (χ4v) is 3.80. The standard InChI is InChI=1S/C26H28BClN2O4/c1-25(2)26(3,4)34-27(33-25)20(16-30-24(31)32-17-18-8-6-5-7-9-18)14-19-10-11-21-22(28)12-13-29-23(21)15-19/h5-15H,16-17H2,1-4H3,(H,30,31). The van der Waals surface area contributed by atoms with Crippen LogP contribution in [0.4, 0.5) is 4.79 Å². The van der Waals surface area contributed by atoms with E-state index in [2.05, 4.69) is 10.3 Å². The Morgan fingerprint density at radius 3 is 2.50 bits per heavy atom. The maximum absolute atomic E-state index is 12.4. The lowest BCUT2D eigenvalue weighted by atomic mass is 9.77. The predicted octanol–water partition coefficient (Wildman–Crippen LogP) is 5.83. The molecule has 0 aliphatic carbocycles. The number of aromatic nitrogens is 1. The molecule has 0 spiro atoms. The number of nitrogens with zero attached hydrogens (tertiary/aromatic N) is 1. The SMILES string of the molecule is CC1(C)OB(C(=Cc2ccc3c(Cl)ccnc3c2)CNC(=O)OCc2ccccc2)OC1(C)C. The zero-order valence-electron chi connectivity index (χ0n) is 19.8. The second-order valence-corrected chi connectivity index (χ2v) is 9.70. The van der Waals surface area contributed by atoms with Gasteiger partial charge < -0.3 is 19.4 Å². The number of amides is 1. The molecule has 176 valence electrons. The summed E-state index contributed by atoms with van der Waals surface area (Å²) in [6.45, 7) is 8.37. The largest absolute Gasteiger partial charge is 0.492 e. The third-order valence-corrected chi connectivity index (χ3v) is 6.60. The number of benzene rings is 2. The van der Waals surface area contributed by atoms with Crippen LogP contribution in [0, 0.1) is 0 Å². The number of pyridine rings is 1. The normalized spacial score (nSPS) is 17.1. The van der Waals surface area contributed by atoms with Gasteiger partial charge in [0.15, 0.2) is 0 Å². The molecule has 2 aromatic carbocycles. The number of halogens is 1. The van der Waals surface area contributed by atoms with E-state index in [1.165, 1.54) is 0 Å². The zero-order valence-corrected chi connectivity index (χ0v) is 20.6. The molecule has 0 unspecified atom stereocenters. The van der Waals surface area contributed by atoms with Crippen molar-refractivity contribution in [3.63, 3.8) is 0 Å². The number of rotatable bonds is 6. The third kappa shape index (κ3) is 5.44. The molecule has 3 aromatic rings. The summed E-state index contributed by atoms with van der Waals surface area (Å²) in [6, 6.07) is 17.1. The summed E-state index contributed by atoms with van der Waals surface area (Å²) in [4.78, 5) is 16.8. The highest BCUT2D eigenvalue weighted by Gasteiger charge is 2.52. The van der Waals surface area contributed by atoms with E-state index in [1.54, 1.807) is 12.3 Å². The van der Waals surface area contributed by atoms with Gasteiger partial charge in [0, 0.05) is 18.1 Å². The Morgan fingerprint density at radius 1 is 1.09 bits per heavy atom. The molecule has 0 radical (unpaired) electrons. The van der Waals surface area contributed by atoms with Gasteiger partial charge in [0.2, 0.25) is 0 Å². The smallest absolute Gasteiger partial charge is 0.445 e. The predicted molar refractivity (Wildman–Crippen MR) is 135 cm³/mol. The summed E-state index contributed by atoms with van der Waals surface area (Å²) in [5.74, 6) is 0. The number of hydrogen-bond donors (Lipinski definition) is 1. The Labute approximate surface area is 205 Å². The van der Waals surface area contributed by atoms with Gasteiger partial charge in [0.1, 0.15) is 6.61 Å². The van der Waals surface area contributed by atoms with Gasteiger partial charge in [-0.25, -0.2) is 4.79 Å². The van der Waals surface area contributed by atoms with Crippen molar-refractivity contribution in [2.45, 2.75) is 45.5 Å². The molecular formula is C26H28BClN2O4. The zero-order chi connectivity index (χ0) is 24.3. The number of nitrogens with one attached hydrogen (secondary N) is 1. The first-order chi connectivity index (χ1) is 16.1. The van der Waals surface area contributed by atoms with Crippen LogP contribution in [0.3, 0.4) is 0 Å². The monoisotopic (exact) mass is 478 g/mol. The summed E-state index contributed by atoms with van der Waals surface area (Å²) in [5.41, 5.74) is 2.33. The van der Waals surface area contributed by atoms with Crippen LogP contribution in [-0.2, 0) is 20.7 Å². The Kier molecular flexibility index (Phi) is 6.98. The van der Waals surface area contributed by atoms with Gasteiger partial charge in [-0.2, -0.15) is 0 Å². The van der Waals surface area contributed by atoms with E-state index >= 15 is 0 Å². The van der Waals surface area contributed by atoms with E-state index in [0.29, 0.717) is 5.02 Å². The van der Waals surface area contributed by atoms with Crippen molar-refractivity contribution in [1.29, 1.82) is 0 Å². The van der Waals surface area contributed by atoms with Gasteiger partial charge in [-0.15, -0.1) is 0 Å². The molecule has 1 aliphatic rings. The summed E-state index contributed by atoms with van der Waals surface area (Å²) in [6.07, 6.45) is 3.11. The van der Waals surface area contributed by atoms with E-state index in [9.17, 15) is 4.79 Å². The van der Waals surface area contributed by atoms with Gasteiger partial charge in [-0.05, 0) is 56.4 Å². The minimum atomic E-state index is -0.623. The van der Waals surface area contributed by atoms with E-state index in [-0.39, 0.29) is 13.2 Å². The lowest BCUT2D eigenvalue weighted by Gasteiger charge is -2.32. The molecule has 4 rings (SSSR count). The summed E-state index contributed by atoms with van der Waals surface area (Å²) in [5, 5.41) is 4.35. The van der Waals surface area contributed by atoms with Gasteiger partial charge in [-0.3, -0.25) is 4.98 Å². The number of carbonyl (C=O) groups excluding carboxylic acids is 1. The third-order valence-electron chi connectivity index (χ3n) is 6.27. The van der Waals surface area contributed by atoms with Gasteiger partial charge >= 0.3 is 13.2 Å². The van der Waals surface area contributed by atoms with E-state index in [0.717, 1.165) is 27.5 Å². The molecule has 0 bridgehead atoms. The van der Waals surface area contributed by atoms with E-state index < -0.39 is 24.4 Å². The maximum Gasteiger partial charge on any atom is 0.492 e. The summed E-state index contributed by atoms with van der Waals surface area (Å²) in [7, 11) is -0.623. The summed E-state index contributed by atoms with van der Waals surface area (Å²) < 4.78 is 17.9. The first-order valence-electron chi connectivity index (χ1n) is 11.2. The van der Waals surface area contributed by atoms with Crippen LogP contribution in [0.15, 0.2) is 66.3 Å². The van der Waals surface area contributed by atoms with Crippen LogP contribution >= 0.6 is 11.6 Å². The van der Waals surface area contributed by atoms with Crippen LogP contribution in [0.1, 0.15) is 38.8 Å². The van der Waals surface area contributed by atoms with Crippen LogP contribution in [0.2, 0.25) is 5.02 Å². The molecule has 2 heterocycles. The minimum absolute atomic E-state index is 0.194. The molecular weight excluding hydrogens is 451 g/mol. The van der Waals surface area contributed by atoms with Crippen molar-refractivity contribution < 1.29 is 18.8 Å². The highest BCUT2D eigenvalue weighted by molar-refractivity contribution is 6.56. The Hall–Kier alpha value is -2.87. The van der Waals surface area contributed by atoms with E-state index in [1.807, 2.05) is 82.3 Å². The van der Waals surface area contributed by atoms with Crippen molar-refractivity contribution in [3.05, 3.63) is 82.4 Å². The first-order valence-corrected chi connectivity index (χ1v) is 11.6. The molecule has 6 nitrogen and oxygen atoms in total. The van der Waals surface area contributed by atoms with Crippen LogP contribution in [0.5, 0.6) is 0 Å². The quantitative estimate of drug-likeness (QED) is 0.451. The van der Waals surface area contributed by atoms with Gasteiger partial charge in [0.05, 0.1) is 21.7 Å². The van der Waals surface area contributed by atoms with E-state index in [4.69, 9.17) is 25.6 Å². The topological polar surface area (TPSA) is 69.7 Å². The fraction of sp³-hybridized carbons (Fsp3) is 0.308. The molecule has 1 aromatic heterocycles. The fourth-order valence-electron chi connectivity index (χ4n) is 3.58. The van der Waals surface area contributed by atoms with Crippen LogP contribution < -0.4 is 5.32 Å². The Morgan fingerprint density at radius 2 is 1.79 bits per heavy atom. The summed E-state index contributed by atoms with van der Waals surface area (Å²) >= 11 is 6.28. The maximum atomic E-state index is 12.4. The van der Waals surface area contributed by atoms with Crippen LogP contribution in [0.25, 0.3) is 17.0 Å². The first kappa shape index (κ1) is 24.3. The average Bonchev–Trinajstić information content (AvgIpc) is 3.02. The second kappa shape index (κ2) is 9.78. The lowest BCUT2D eigenvalue weighted by molar-refractivity contribution is 0.00578. The molecule has 1 N–H and O–H groups in total. The number of hydrogen-bond acceptors (Lipinski definition) is 5. The highest BCUT2D eigenvalue weighted by Crippen LogP contribution is 2.39. The molecule has 1 amide bonds. The number of alkyl carbamates (subject to hydrolysis) is 1. The molecule has 8 heteroatoms. The molecule has 34 heavy (non-hydrogen) atoms. The van der Waals surface area contributed by atoms with Gasteiger partial charge in [0.25, 0.3) is 0 Å². The number of carbonyl (C=O) groups is 1. The molecule has 0 saturated carbocycles. The lowest BCUT2D eigenvalue weighted by Crippen LogP contribution is -2.41. The Balaban J connectivity index is 1.54.